The van der Waals surface area contributed by atoms with Gasteiger partial charge in [-0.05, 0) is 17.7 Å². The average Bonchev–Trinajstić information content (AvgIpc) is 2.59. The molecule has 1 aliphatic rings. The molecule has 0 spiro atoms. The highest BCUT2D eigenvalue weighted by Gasteiger charge is 2.30. The van der Waals surface area contributed by atoms with Crippen LogP contribution < -0.4 is 11.1 Å². The molecule has 1 fully saturated rings. The van der Waals surface area contributed by atoms with Crippen molar-refractivity contribution in [3.8, 4) is 0 Å². The third kappa shape index (κ3) is 4.43. The van der Waals surface area contributed by atoms with Crippen molar-refractivity contribution >= 4 is 17.9 Å². The zero-order chi connectivity index (χ0) is 16.8. The van der Waals surface area contributed by atoms with Crippen LogP contribution in [-0.2, 0) is 20.8 Å². The Labute approximate surface area is 133 Å². The SMILES string of the molecule is COC(=O)C1CN(C(=O)c2ccc(CNC(N)=O)cc2)CCO1. The Balaban J connectivity index is 1.99. The van der Waals surface area contributed by atoms with E-state index in [1.807, 2.05) is 0 Å². The Bertz CT molecular complexity index is 587. The van der Waals surface area contributed by atoms with Crippen LogP contribution in [0.4, 0.5) is 4.79 Å². The highest BCUT2D eigenvalue weighted by molar-refractivity contribution is 5.94. The van der Waals surface area contributed by atoms with Crippen molar-refractivity contribution in [2.45, 2.75) is 12.6 Å². The molecule has 1 aliphatic heterocycles. The number of hydrogen-bond donors (Lipinski definition) is 2. The zero-order valence-electron chi connectivity index (χ0n) is 12.8. The van der Waals surface area contributed by atoms with Crippen LogP contribution in [0.1, 0.15) is 15.9 Å². The molecule has 0 radical (unpaired) electrons. The van der Waals surface area contributed by atoms with E-state index < -0.39 is 18.1 Å². The third-order valence-electron chi connectivity index (χ3n) is 3.49. The standard InChI is InChI=1S/C15H19N3O5/c1-22-14(20)12-9-18(6-7-23-12)13(19)11-4-2-10(3-5-11)8-17-15(16)21/h2-5,12H,6-9H2,1H3,(H3,16,17,21). The number of methoxy groups -OCH3 is 1. The number of rotatable bonds is 4. The molecule has 1 saturated heterocycles. The Morgan fingerprint density at radius 2 is 2.04 bits per heavy atom. The van der Waals surface area contributed by atoms with Gasteiger partial charge in [0, 0.05) is 18.7 Å². The van der Waals surface area contributed by atoms with Gasteiger partial charge in [-0.25, -0.2) is 9.59 Å². The molecule has 0 aliphatic carbocycles. The quantitative estimate of drug-likeness (QED) is 0.750. The van der Waals surface area contributed by atoms with Gasteiger partial charge in [0.1, 0.15) is 0 Å². The molecule has 3 N–H and O–H groups in total. The fourth-order valence-electron chi connectivity index (χ4n) is 2.24. The van der Waals surface area contributed by atoms with Gasteiger partial charge in [0.25, 0.3) is 5.91 Å². The molecule has 1 atom stereocenters. The van der Waals surface area contributed by atoms with Crippen LogP contribution in [0.5, 0.6) is 0 Å². The van der Waals surface area contributed by atoms with E-state index in [4.69, 9.17) is 10.5 Å². The fourth-order valence-corrected chi connectivity index (χ4v) is 2.24. The first kappa shape index (κ1) is 16.8. The summed E-state index contributed by atoms with van der Waals surface area (Å²) < 4.78 is 9.94. The van der Waals surface area contributed by atoms with E-state index in [0.717, 1.165) is 5.56 Å². The van der Waals surface area contributed by atoms with E-state index in [-0.39, 0.29) is 19.1 Å². The summed E-state index contributed by atoms with van der Waals surface area (Å²) in [6.07, 6.45) is -0.753. The molecule has 1 unspecified atom stereocenters. The molecule has 1 heterocycles. The van der Waals surface area contributed by atoms with E-state index in [0.29, 0.717) is 18.7 Å². The lowest BCUT2D eigenvalue weighted by atomic mass is 10.1. The van der Waals surface area contributed by atoms with E-state index in [1.54, 1.807) is 29.2 Å². The second-order valence-electron chi connectivity index (χ2n) is 5.05. The normalized spacial score (nSPS) is 17.4. The summed E-state index contributed by atoms with van der Waals surface area (Å²) in [6, 6.07) is 6.21. The number of benzene rings is 1. The molecule has 8 nitrogen and oxygen atoms in total. The molecule has 0 aromatic heterocycles. The maximum absolute atomic E-state index is 12.5. The summed E-state index contributed by atoms with van der Waals surface area (Å²) in [6.45, 7) is 1.16. The predicted octanol–water partition coefficient (Wildman–Crippen LogP) is -0.131. The first-order valence-corrected chi connectivity index (χ1v) is 7.12. The number of esters is 1. The topological polar surface area (TPSA) is 111 Å². The maximum atomic E-state index is 12.5. The minimum Gasteiger partial charge on any atom is -0.467 e. The molecule has 8 heteroatoms. The number of primary amides is 1. The molecule has 1 aromatic rings. The van der Waals surface area contributed by atoms with Crippen LogP contribution in [0.15, 0.2) is 24.3 Å². The number of carbonyl (C=O) groups excluding carboxylic acids is 3. The van der Waals surface area contributed by atoms with Crippen LogP contribution in [0.2, 0.25) is 0 Å². The summed E-state index contributed by atoms with van der Waals surface area (Å²) in [5.41, 5.74) is 6.33. The van der Waals surface area contributed by atoms with Crippen LogP contribution >= 0.6 is 0 Å². The number of nitrogens with one attached hydrogen (secondary N) is 1. The van der Waals surface area contributed by atoms with Crippen molar-refractivity contribution in [3.63, 3.8) is 0 Å². The first-order chi connectivity index (χ1) is 11.0. The van der Waals surface area contributed by atoms with Gasteiger partial charge in [0.05, 0.1) is 20.3 Å². The Morgan fingerprint density at radius 3 is 2.65 bits per heavy atom. The summed E-state index contributed by atoms with van der Waals surface area (Å²) >= 11 is 0. The molecule has 0 saturated carbocycles. The first-order valence-electron chi connectivity index (χ1n) is 7.12. The van der Waals surface area contributed by atoms with Crippen molar-refractivity contribution < 1.29 is 23.9 Å². The van der Waals surface area contributed by atoms with Gasteiger partial charge in [-0.15, -0.1) is 0 Å². The van der Waals surface area contributed by atoms with E-state index in [2.05, 4.69) is 10.1 Å². The smallest absolute Gasteiger partial charge is 0.336 e. The molecular weight excluding hydrogens is 302 g/mol. The van der Waals surface area contributed by atoms with E-state index in [1.165, 1.54) is 7.11 Å². The Kier molecular flexibility index (Phi) is 5.53. The molecule has 124 valence electrons. The van der Waals surface area contributed by atoms with Gasteiger partial charge < -0.3 is 25.4 Å². The fraction of sp³-hybridized carbons (Fsp3) is 0.400. The lowest BCUT2D eigenvalue weighted by Gasteiger charge is -2.31. The Hall–Kier alpha value is -2.61. The van der Waals surface area contributed by atoms with Gasteiger partial charge in [0.2, 0.25) is 0 Å². The average molecular weight is 321 g/mol. The van der Waals surface area contributed by atoms with Crippen molar-refractivity contribution in [2.24, 2.45) is 5.73 Å². The lowest BCUT2D eigenvalue weighted by Crippen LogP contribution is -2.48. The van der Waals surface area contributed by atoms with Crippen molar-refractivity contribution in [2.75, 3.05) is 26.8 Å². The molecular formula is C15H19N3O5. The van der Waals surface area contributed by atoms with E-state index in [9.17, 15) is 14.4 Å². The second kappa shape index (κ2) is 7.59. The minimum atomic E-state index is -0.753. The van der Waals surface area contributed by atoms with Crippen molar-refractivity contribution in [1.29, 1.82) is 0 Å². The molecule has 3 amide bonds. The maximum Gasteiger partial charge on any atom is 0.336 e. The molecule has 1 aromatic carbocycles. The van der Waals surface area contributed by atoms with Gasteiger partial charge in [0.15, 0.2) is 6.10 Å². The number of morpholine rings is 1. The highest BCUT2D eigenvalue weighted by Crippen LogP contribution is 2.12. The molecule has 2 rings (SSSR count). The van der Waals surface area contributed by atoms with Crippen LogP contribution in [-0.4, -0.2) is 55.7 Å². The summed E-state index contributed by atoms with van der Waals surface area (Å²) in [7, 11) is 1.28. The Morgan fingerprint density at radius 1 is 1.35 bits per heavy atom. The molecule has 23 heavy (non-hydrogen) atoms. The predicted molar refractivity (Wildman–Crippen MR) is 80.5 cm³/mol. The zero-order valence-corrected chi connectivity index (χ0v) is 12.8. The third-order valence-corrected chi connectivity index (χ3v) is 3.49. The van der Waals surface area contributed by atoms with Gasteiger partial charge in [-0.3, -0.25) is 4.79 Å². The van der Waals surface area contributed by atoms with Crippen LogP contribution in [0.3, 0.4) is 0 Å². The number of carbonyl (C=O) groups is 3. The summed E-state index contributed by atoms with van der Waals surface area (Å²) in [5, 5.41) is 2.47. The highest BCUT2D eigenvalue weighted by atomic mass is 16.6. The monoisotopic (exact) mass is 321 g/mol. The van der Waals surface area contributed by atoms with Crippen molar-refractivity contribution in [3.05, 3.63) is 35.4 Å². The minimum absolute atomic E-state index is 0.163. The largest absolute Gasteiger partial charge is 0.467 e. The van der Waals surface area contributed by atoms with Gasteiger partial charge in [-0.1, -0.05) is 12.1 Å². The number of amides is 3. The number of urea groups is 1. The molecule has 0 bridgehead atoms. The number of ether oxygens (including phenoxy) is 2. The van der Waals surface area contributed by atoms with Crippen LogP contribution in [0.25, 0.3) is 0 Å². The van der Waals surface area contributed by atoms with Crippen LogP contribution in [0, 0.1) is 0 Å². The summed E-state index contributed by atoms with van der Waals surface area (Å²) in [5.74, 6) is -0.674. The van der Waals surface area contributed by atoms with Gasteiger partial charge in [-0.2, -0.15) is 0 Å². The lowest BCUT2D eigenvalue weighted by molar-refractivity contribution is -0.158. The summed E-state index contributed by atoms with van der Waals surface area (Å²) in [4.78, 5) is 36.2. The van der Waals surface area contributed by atoms with Gasteiger partial charge >= 0.3 is 12.0 Å². The number of hydrogen-bond acceptors (Lipinski definition) is 5. The second-order valence-corrected chi connectivity index (χ2v) is 5.05. The van der Waals surface area contributed by atoms with E-state index >= 15 is 0 Å². The number of nitrogens with zero attached hydrogens (tertiary/aromatic N) is 1. The number of nitrogens with two attached hydrogens (primary N) is 1. The van der Waals surface area contributed by atoms with Crippen molar-refractivity contribution in [1.82, 2.24) is 10.2 Å².